The van der Waals surface area contributed by atoms with E-state index in [9.17, 15) is 0 Å². The molecule has 33 heavy (non-hydrogen) atoms. The molecule has 4 rings (SSSR count). The van der Waals surface area contributed by atoms with E-state index >= 15 is 0 Å². The van der Waals surface area contributed by atoms with E-state index in [0.717, 1.165) is 43.1 Å². The highest BCUT2D eigenvalue weighted by molar-refractivity contribution is 6.32. The highest BCUT2D eigenvalue weighted by Gasteiger charge is 2.14. The van der Waals surface area contributed by atoms with Gasteiger partial charge in [0.15, 0.2) is 11.5 Å². The second kappa shape index (κ2) is 11.3. The maximum absolute atomic E-state index is 6.61. The van der Waals surface area contributed by atoms with Gasteiger partial charge in [-0.15, -0.1) is 0 Å². The third-order valence-corrected chi connectivity index (χ3v) is 5.86. The van der Waals surface area contributed by atoms with Gasteiger partial charge in [-0.2, -0.15) is 0 Å². The van der Waals surface area contributed by atoms with Crippen molar-refractivity contribution in [1.82, 2.24) is 0 Å². The molecular formula is C27H31ClN2O3. The summed E-state index contributed by atoms with van der Waals surface area (Å²) in [6.07, 6.45) is 0. The number of benzene rings is 3. The van der Waals surface area contributed by atoms with Gasteiger partial charge in [-0.05, 0) is 61.4 Å². The topological polar surface area (TPSA) is 43.0 Å². The quantitative estimate of drug-likeness (QED) is 0.414. The first-order valence-corrected chi connectivity index (χ1v) is 11.8. The van der Waals surface area contributed by atoms with Crippen LogP contribution in [0.2, 0.25) is 5.02 Å². The molecule has 1 aliphatic heterocycles. The Morgan fingerprint density at radius 1 is 0.970 bits per heavy atom. The minimum atomic E-state index is 0.439. The zero-order valence-corrected chi connectivity index (χ0v) is 20.0. The van der Waals surface area contributed by atoms with Crippen molar-refractivity contribution in [3.05, 3.63) is 82.4 Å². The molecule has 0 spiro atoms. The van der Waals surface area contributed by atoms with Crippen LogP contribution < -0.4 is 19.7 Å². The molecular weight excluding hydrogens is 436 g/mol. The summed E-state index contributed by atoms with van der Waals surface area (Å²) in [6, 6.07) is 20.7. The van der Waals surface area contributed by atoms with Gasteiger partial charge in [-0.1, -0.05) is 41.4 Å². The van der Waals surface area contributed by atoms with Crippen LogP contribution in [0.4, 0.5) is 11.4 Å². The first-order chi connectivity index (χ1) is 16.1. The molecule has 0 unspecified atom stereocenters. The Hall–Kier alpha value is -2.89. The van der Waals surface area contributed by atoms with Gasteiger partial charge in [0.25, 0.3) is 0 Å². The molecule has 3 aromatic carbocycles. The number of morpholine rings is 1. The zero-order valence-electron chi connectivity index (χ0n) is 19.3. The Morgan fingerprint density at radius 3 is 2.48 bits per heavy atom. The molecule has 0 radical (unpaired) electrons. The van der Waals surface area contributed by atoms with E-state index in [4.69, 9.17) is 25.8 Å². The number of aryl methyl sites for hydroxylation is 1. The molecule has 0 aromatic heterocycles. The highest BCUT2D eigenvalue weighted by Crippen LogP contribution is 2.37. The molecule has 0 atom stereocenters. The first kappa shape index (κ1) is 23.3. The summed E-state index contributed by atoms with van der Waals surface area (Å²) in [4.78, 5) is 2.34. The van der Waals surface area contributed by atoms with Crippen LogP contribution in [0, 0.1) is 6.92 Å². The van der Waals surface area contributed by atoms with Gasteiger partial charge in [0.05, 0.1) is 24.8 Å². The molecule has 0 aliphatic carbocycles. The van der Waals surface area contributed by atoms with Crippen LogP contribution in [-0.4, -0.2) is 32.9 Å². The second-order valence-electron chi connectivity index (χ2n) is 8.12. The van der Waals surface area contributed by atoms with Crippen molar-refractivity contribution in [2.45, 2.75) is 27.0 Å². The van der Waals surface area contributed by atoms with Crippen LogP contribution in [0.3, 0.4) is 0 Å². The van der Waals surface area contributed by atoms with Crippen molar-refractivity contribution in [2.75, 3.05) is 43.1 Å². The Morgan fingerprint density at radius 2 is 1.76 bits per heavy atom. The monoisotopic (exact) mass is 466 g/mol. The summed E-state index contributed by atoms with van der Waals surface area (Å²) in [6.45, 7) is 9.08. The molecule has 6 heteroatoms. The maximum Gasteiger partial charge on any atom is 0.180 e. The standard InChI is InChI=1S/C27H31ClN2O3/c1-3-32-26-17-22(16-25(28)27(26)33-19-21-6-4-5-20(2)15-21)18-29-23-7-9-24(10-8-23)30-11-13-31-14-12-30/h4-10,15-17,29H,3,11-14,18-19H2,1-2H3. The van der Waals surface area contributed by atoms with Crippen molar-refractivity contribution in [1.29, 1.82) is 0 Å². The van der Waals surface area contributed by atoms with E-state index in [2.05, 4.69) is 53.5 Å². The van der Waals surface area contributed by atoms with Crippen molar-refractivity contribution < 1.29 is 14.2 Å². The Kier molecular flexibility index (Phi) is 7.97. The van der Waals surface area contributed by atoms with Crippen LogP contribution in [0.5, 0.6) is 11.5 Å². The Labute approximate surface area is 201 Å². The lowest BCUT2D eigenvalue weighted by atomic mass is 10.1. The summed E-state index contributed by atoms with van der Waals surface area (Å²) < 4.78 is 17.3. The number of halogens is 1. The minimum absolute atomic E-state index is 0.439. The SMILES string of the molecule is CCOc1cc(CNc2ccc(N3CCOCC3)cc2)cc(Cl)c1OCc1cccc(C)c1. The van der Waals surface area contributed by atoms with Gasteiger partial charge >= 0.3 is 0 Å². The molecule has 1 fully saturated rings. The van der Waals surface area contributed by atoms with Gasteiger partial charge in [-0.3, -0.25) is 0 Å². The van der Waals surface area contributed by atoms with Crippen molar-refractivity contribution in [3.8, 4) is 11.5 Å². The lowest BCUT2D eigenvalue weighted by Gasteiger charge is -2.29. The lowest BCUT2D eigenvalue weighted by Crippen LogP contribution is -2.36. The Balaban J connectivity index is 1.41. The molecule has 3 aromatic rings. The predicted octanol–water partition coefficient (Wildman–Crippen LogP) is 6.07. The second-order valence-corrected chi connectivity index (χ2v) is 8.52. The number of hydrogen-bond donors (Lipinski definition) is 1. The third kappa shape index (κ3) is 6.34. The first-order valence-electron chi connectivity index (χ1n) is 11.4. The maximum atomic E-state index is 6.61. The molecule has 174 valence electrons. The summed E-state index contributed by atoms with van der Waals surface area (Å²) in [7, 11) is 0. The average molecular weight is 467 g/mol. The average Bonchev–Trinajstić information content (AvgIpc) is 2.83. The molecule has 5 nitrogen and oxygen atoms in total. The van der Waals surface area contributed by atoms with E-state index in [1.54, 1.807) is 0 Å². The largest absolute Gasteiger partial charge is 0.490 e. The van der Waals surface area contributed by atoms with E-state index in [1.807, 2.05) is 31.2 Å². The number of ether oxygens (including phenoxy) is 3. The minimum Gasteiger partial charge on any atom is -0.490 e. The molecule has 1 heterocycles. The third-order valence-electron chi connectivity index (χ3n) is 5.57. The van der Waals surface area contributed by atoms with Gasteiger partial charge in [-0.25, -0.2) is 0 Å². The summed E-state index contributed by atoms with van der Waals surface area (Å²) in [5.41, 5.74) is 5.61. The van der Waals surface area contributed by atoms with Crippen molar-refractivity contribution in [3.63, 3.8) is 0 Å². The van der Waals surface area contributed by atoms with Crippen LogP contribution in [-0.2, 0) is 17.9 Å². The number of hydrogen-bond acceptors (Lipinski definition) is 5. The van der Waals surface area contributed by atoms with Crippen LogP contribution in [0.25, 0.3) is 0 Å². The van der Waals surface area contributed by atoms with Gasteiger partial charge in [0.2, 0.25) is 0 Å². The van der Waals surface area contributed by atoms with E-state index in [-0.39, 0.29) is 0 Å². The van der Waals surface area contributed by atoms with Gasteiger partial charge in [0.1, 0.15) is 6.61 Å². The molecule has 0 saturated carbocycles. The Bertz CT molecular complexity index is 1050. The molecule has 0 bridgehead atoms. The summed E-state index contributed by atoms with van der Waals surface area (Å²) in [5, 5.41) is 4.02. The number of nitrogens with one attached hydrogen (secondary N) is 1. The van der Waals surface area contributed by atoms with E-state index < -0.39 is 0 Å². The number of nitrogens with zero attached hydrogens (tertiary/aromatic N) is 1. The summed E-state index contributed by atoms with van der Waals surface area (Å²) >= 11 is 6.61. The summed E-state index contributed by atoms with van der Waals surface area (Å²) in [5.74, 6) is 1.25. The van der Waals surface area contributed by atoms with Crippen LogP contribution in [0.1, 0.15) is 23.6 Å². The van der Waals surface area contributed by atoms with Gasteiger partial charge < -0.3 is 24.4 Å². The fraction of sp³-hybridized carbons (Fsp3) is 0.333. The zero-order chi connectivity index (χ0) is 23.0. The van der Waals surface area contributed by atoms with Crippen molar-refractivity contribution >= 4 is 23.0 Å². The normalized spacial score (nSPS) is 13.6. The molecule has 0 amide bonds. The lowest BCUT2D eigenvalue weighted by molar-refractivity contribution is 0.122. The van der Waals surface area contributed by atoms with E-state index in [1.165, 1.54) is 11.3 Å². The van der Waals surface area contributed by atoms with E-state index in [0.29, 0.717) is 36.3 Å². The number of rotatable bonds is 9. The molecule has 1 aliphatic rings. The predicted molar refractivity (Wildman–Crippen MR) is 135 cm³/mol. The van der Waals surface area contributed by atoms with Crippen molar-refractivity contribution in [2.24, 2.45) is 0 Å². The fourth-order valence-electron chi connectivity index (χ4n) is 3.90. The smallest absolute Gasteiger partial charge is 0.180 e. The van der Waals surface area contributed by atoms with Crippen LogP contribution >= 0.6 is 11.6 Å². The molecule has 1 N–H and O–H groups in total. The molecule has 1 saturated heterocycles. The number of anilines is 2. The highest BCUT2D eigenvalue weighted by atomic mass is 35.5. The van der Waals surface area contributed by atoms with Crippen LogP contribution in [0.15, 0.2) is 60.7 Å². The fourth-order valence-corrected chi connectivity index (χ4v) is 4.19. The van der Waals surface area contributed by atoms with Gasteiger partial charge in [0, 0.05) is 31.0 Å².